The predicted molar refractivity (Wildman–Crippen MR) is 88.0 cm³/mol. The zero-order chi connectivity index (χ0) is 16.2. The smallest absolute Gasteiger partial charge is 0.266 e. The maximum atomic E-state index is 12.7. The van der Waals surface area contributed by atoms with Crippen molar-refractivity contribution < 1.29 is 9.53 Å². The van der Waals surface area contributed by atoms with Gasteiger partial charge in [-0.2, -0.15) is 0 Å². The van der Waals surface area contributed by atoms with E-state index in [1.165, 1.54) is 25.1 Å². The first-order valence-electron chi connectivity index (χ1n) is 8.15. The number of aromatic nitrogens is 1. The normalized spacial score (nSPS) is 23.0. The summed E-state index contributed by atoms with van der Waals surface area (Å²) in [4.78, 5) is 30.7. The van der Waals surface area contributed by atoms with Gasteiger partial charge in [-0.1, -0.05) is 11.6 Å². The highest BCUT2D eigenvalue weighted by atomic mass is 35.5. The van der Waals surface area contributed by atoms with E-state index < -0.39 is 0 Å². The molecule has 2 fully saturated rings. The van der Waals surface area contributed by atoms with Crippen molar-refractivity contribution in [1.29, 1.82) is 0 Å². The zero-order valence-corrected chi connectivity index (χ0v) is 13.8. The fourth-order valence-corrected chi connectivity index (χ4v) is 3.38. The maximum absolute atomic E-state index is 12.7. The van der Waals surface area contributed by atoms with Gasteiger partial charge >= 0.3 is 0 Å². The minimum atomic E-state index is -0.380. The lowest BCUT2D eigenvalue weighted by Gasteiger charge is -2.27. The van der Waals surface area contributed by atoms with Gasteiger partial charge in [0.2, 0.25) is 0 Å². The van der Waals surface area contributed by atoms with E-state index in [2.05, 4.69) is 9.88 Å². The lowest BCUT2D eigenvalue weighted by atomic mass is 10.2. The molecule has 1 N–H and O–H groups in total. The highest BCUT2D eigenvalue weighted by Gasteiger charge is 2.26. The summed E-state index contributed by atoms with van der Waals surface area (Å²) in [6.07, 6.45) is 4.77. The molecule has 1 aromatic rings. The largest absolute Gasteiger partial charge is 0.375 e. The van der Waals surface area contributed by atoms with E-state index in [0.717, 1.165) is 26.1 Å². The van der Waals surface area contributed by atoms with Crippen LogP contribution in [0.25, 0.3) is 0 Å². The van der Waals surface area contributed by atoms with E-state index in [1.54, 1.807) is 4.90 Å². The Morgan fingerprint density at radius 1 is 1.30 bits per heavy atom. The number of hydrogen-bond acceptors (Lipinski definition) is 4. The molecule has 1 amide bonds. The molecule has 2 aliphatic heterocycles. The Kier molecular flexibility index (Phi) is 5.35. The zero-order valence-electron chi connectivity index (χ0n) is 13.1. The summed E-state index contributed by atoms with van der Waals surface area (Å²) >= 11 is 5.83. The van der Waals surface area contributed by atoms with Gasteiger partial charge in [-0.25, -0.2) is 0 Å². The second kappa shape index (κ2) is 7.47. The van der Waals surface area contributed by atoms with Gasteiger partial charge in [0.15, 0.2) is 0 Å². The molecule has 0 saturated carbocycles. The first kappa shape index (κ1) is 16.5. The third-order valence-electron chi connectivity index (χ3n) is 4.40. The second-order valence-corrected chi connectivity index (χ2v) is 6.58. The fraction of sp³-hybridized carbons (Fsp3) is 0.625. The van der Waals surface area contributed by atoms with E-state index in [9.17, 15) is 9.59 Å². The lowest BCUT2D eigenvalue weighted by Crippen LogP contribution is -2.42. The van der Waals surface area contributed by atoms with E-state index in [1.807, 2.05) is 0 Å². The Balaban J connectivity index is 1.68. The molecule has 2 aliphatic rings. The van der Waals surface area contributed by atoms with Crippen LogP contribution in [0.4, 0.5) is 0 Å². The van der Waals surface area contributed by atoms with Crippen LogP contribution in [0.3, 0.4) is 0 Å². The van der Waals surface area contributed by atoms with Crippen molar-refractivity contribution in [2.45, 2.75) is 25.4 Å². The first-order chi connectivity index (χ1) is 11.1. The lowest BCUT2D eigenvalue weighted by molar-refractivity contribution is 0.0297. The Labute approximate surface area is 140 Å². The molecule has 0 aliphatic carbocycles. The number of carbonyl (C=O) groups is 1. The molecule has 0 spiro atoms. The summed E-state index contributed by atoms with van der Waals surface area (Å²) in [5.41, 5.74) is 0.0331. The molecule has 0 unspecified atom stereocenters. The highest BCUT2D eigenvalue weighted by molar-refractivity contribution is 6.30. The third-order valence-corrected chi connectivity index (χ3v) is 4.68. The van der Waals surface area contributed by atoms with E-state index in [-0.39, 0.29) is 22.6 Å². The van der Waals surface area contributed by atoms with Crippen LogP contribution in [0.1, 0.15) is 29.6 Å². The minimum absolute atomic E-state index is 0.0375. The number of nitrogens with one attached hydrogen (secondary N) is 1. The van der Waals surface area contributed by atoms with Crippen LogP contribution in [-0.2, 0) is 4.74 Å². The summed E-state index contributed by atoms with van der Waals surface area (Å²) in [7, 11) is 0. The van der Waals surface area contributed by atoms with Crippen molar-refractivity contribution in [2.24, 2.45) is 0 Å². The number of rotatable bonds is 3. The molecule has 1 atom stereocenters. The average molecular weight is 340 g/mol. The molecule has 0 radical (unpaired) electrons. The van der Waals surface area contributed by atoms with Gasteiger partial charge in [-0.3, -0.25) is 9.59 Å². The number of likely N-dealkylation sites (tertiary alicyclic amines) is 1. The Bertz CT molecular complexity index is 613. The molecule has 126 valence electrons. The van der Waals surface area contributed by atoms with Gasteiger partial charge in [0.05, 0.1) is 11.7 Å². The van der Waals surface area contributed by atoms with Gasteiger partial charge in [-0.15, -0.1) is 0 Å². The quantitative estimate of drug-likeness (QED) is 0.903. The third kappa shape index (κ3) is 4.13. The molecule has 2 saturated heterocycles. The summed E-state index contributed by atoms with van der Waals surface area (Å²) in [6.45, 7) is 5.01. The first-order valence-corrected chi connectivity index (χ1v) is 8.53. The van der Waals surface area contributed by atoms with Crippen molar-refractivity contribution >= 4 is 17.5 Å². The minimum Gasteiger partial charge on any atom is -0.375 e. The number of H-pyrrole nitrogens is 1. The van der Waals surface area contributed by atoms with Crippen molar-refractivity contribution in [3.63, 3.8) is 0 Å². The number of carbonyl (C=O) groups excluding carboxylic acids is 1. The number of aromatic amines is 1. The monoisotopic (exact) mass is 339 g/mol. The molecule has 0 bridgehead atoms. The molecule has 7 heteroatoms. The molecule has 6 nitrogen and oxygen atoms in total. The summed E-state index contributed by atoms with van der Waals surface area (Å²) < 4.78 is 5.90. The molecule has 0 aromatic carbocycles. The number of hydrogen-bond donors (Lipinski definition) is 1. The number of ether oxygens (including phenoxy) is 1. The molecule has 3 rings (SSSR count). The highest BCUT2D eigenvalue weighted by Crippen LogP contribution is 2.15. The number of pyridine rings is 1. The predicted octanol–water partition coefficient (Wildman–Crippen LogP) is 1.36. The van der Waals surface area contributed by atoms with Crippen LogP contribution in [-0.4, -0.2) is 66.1 Å². The number of halogens is 1. The van der Waals surface area contributed by atoms with Gasteiger partial charge < -0.3 is 19.5 Å². The molecular formula is C16H22ClN3O3. The molecule has 3 heterocycles. The van der Waals surface area contributed by atoms with E-state index in [0.29, 0.717) is 25.3 Å². The molecule has 23 heavy (non-hydrogen) atoms. The SMILES string of the molecule is O=C(c1c[nH]c(=O)c(Cl)c1)N1CCCO[C@H](CN2CCCC2)C1. The van der Waals surface area contributed by atoms with Crippen molar-refractivity contribution in [2.75, 3.05) is 39.3 Å². The summed E-state index contributed by atoms with van der Waals surface area (Å²) in [5.74, 6) is -0.111. The Morgan fingerprint density at radius 2 is 2.09 bits per heavy atom. The topological polar surface area (TPSA) is 65.6 Å². The average Bonchev–Trinajstić information content (AvgIpc) is 2.94. The van der Waals surface area contributed by atoms with Crippen molar-refractivity contribution in [3.05, 3.63) is 33.2 Å². The van der Waals surface area contributed by atoms with Gasteiger partial charge in [0, 0.05) is 32.4 Å². The van der Waals surface area contributed by atoms with Crippen LogP contribution >= 0.6 is 11.6 Å². The van der Waals surface area contributed by atoms with Crippen LogP contribution in [0.2, 0.25) is 5.02 Å². The van der Waals surface area contributed by atoms with Crippen molar-refractivity contribution in [3.8, 4) is 0 Å². The van der Waals surface area contributed by atoms with E-state index in [4.69, 9.17) is 16.3 Å². The molecular weight excluding hydrogens is 318 g/mol. The maximum Gasteiger partial charge on any atom is 0.266 e. The van der Waals surface area contributed by atoms with Crippen molar-refractivity contribution in [1.82, 2.24) is 14.8 Å². The van der Waals surface area contributed by atoms with E-state index >= 15 is 0 Å². The second-order valence-electron chi connectivity index (χ2n) is 6.17. The van der Waals surface area contributed by atoms with Gasteiger partial charge in [0.25, 0.3) is 11.5 Å². The number of nitrogens with zero attached hydrogens (tertiary/aromatic N) is 2. The Hall–Kier alpha value is -1.37. The number of amides is 1. The van der Waals surface area contributed by atoms with Crippen LogP contribution in [0.15, 0.2) is 17.1 Å². The standard InChI is InChI=1S/C16H22ClN3O3/c17-14-8-12(9-18-15(14)21)16(22)20-6-3-7-23-13(11-20)10-19-4-1-2-5-19/h8-9,13H,1-7,10-11H2,(H,18,21)/t13-/m1/s1. The molecule has 1 aromatic heterocycles. The van der Waals surface area contributed by atoms with Gasteiger partial charge in [0.1, 0.15) is 5.02 Å². The van der Waals surface area contributed by atoms with Crippen LogP contribution in [0, 0.1) is 0 Å². The van der Waals surface area contributed by atoms with Gasteiger partial charge in [-0.05, 0) is 38.4 Å². The summed E-state index contributed by atoms with van der Waals surface area (Å²) in [6, 6.07) is 1.43. The fourth-order valence-electron chi connectivity index (χ4n) is 3.21. The summed E-state index contributed by atoms with van der Waals surface area (Å²) in [5, 5.41) is 0.0375. The Morgan fingerprint density at radius 3 is 2.83 bits per heavy atom. The van der Waals surface area contributed by atoms with Crippen LogP contribution in [0.5, 0.6) is 0 Å². The van der Waals surface area contributed by atoms with Crippen LogP contribution < -0.4 is 5.56 Å².